The van der Waals surface area contributed by atoms with Gasteiger partial charge in [-0.2, -0.15) is 0 Å². The van der Waals surface area contributed by atoms with Gasteiger partial charge in [-0.3, -0.25) is 24.6 Å². The first kappa shape index (κ1) is 30.1. The lowest BCUT2D eigenvalue weighted by Gasteiger charge is -2.44. The van der Waals surface area contributed by atoms with Crippen molar-refractivity contribution in [3.63, 3.8) is 0 Å². The minimum Gasteiger partial charge on any atom is -0.465 e. The van der Waals surface area contributed by atoms with Gasteiger partial charge in [-0.25, -0.2) is 9.18 Å². The van der Waals surface area contributed by atoms with Crippen LogP contribution >= 0.6 is 0 Å². The Bertz CT molecular complexity index is 1680. The summed E-state index contributed by atoms with van der Waals surface area (Å²) in [4.78, 5) is 54.1. The zero-order valence-electron chi connectivity index (χ0n) is 24.1. The van der Waals surface area contributed by atoms with Crippen LogP contribution in [0.1, 0.15) is 43.2 Å². The Morgan fingerprint density at radius 2 is 1.66 bits per heavy atom. The molecule has 0 saturated carbocycles. The Kier molecular flexibility index (Phi) is 8.57. The molecule has 1 aliphatic heterocycles. The van der Waals surface area contributed by atoms with Crippen molar-refractivity contribution in [2.24, 2.45) is 11.7 Å². The molecule has 2 N–H and O–H groups in total. The number of allylic oxidation sites excluding steroid dienone is 2. The van der Waals surface area contributed by atoms with Crippen LogP contribution in [0.15, 0.2) is 102 Å². The van der Waals surface area contributed by atoms with Crippen molar-refractivity contribution >= 4 is 29.1 Å². The number of carbonyl (C=O) groups excluding carboxylic acids is 3. The van der Waals surface area contributed by atoms with Crippen LogP contribution in [0, 0.1) is 21.8 Å². The van der Waals surface area contributed by atoms with Gasteiger partial charge in [0.15, 0.2) is 5.78 Å². The van der Waals surface area contributed by atoms with E-state index in [4.69, 9.17) is 15.2 Å². The van der Waals surface area contributed by atoms with E-state index in [2.05, 4.69) is 0 Å². The SMILES string of the molecule is CCOC(=O)C1=C(N)N(c2cccc(F)c2)C2=C(C(=O)[C@@H](C(=O)OCC)[C@@H](c3ccccc3)C2)[C@@H]1c1ccc([N+](=O)[O-])cc1. The van der Waals surface area contributed by atoms with Crippen LogP contribution in [0.3, 0.4) is 0 Å². The maximum Gasteiger partial charge on any atom is 0.338 e. The average Bonchev–Trinajstić information content (AvgIpc) is 3.01. The van der Waals surface area contributed by atoms with Crippen LogP contribution in [0.2, 0.25) is 0 Å². The predicted octanol–water partition coefficient (Wildman–Crippen LogP) is 5.26. The van der Waals surface area contributed by atoms with Gasteiger partial charge in [0.2, 0.25) is 0 Å². The van der Waals surface area contributed by atoms with E-state index in [-0.39, 0.29) is 48.0 Å². The molecule has 0 aromatic heterocycles. The molecule has 0 bridgehead atoms. The Balaban J connectivity index is 1.82. The number of nitro benzene ring substituents is 1. The van der Waals surface area contributed by atoms with Crippen molar-refractivity contribution in [1.29, 1.82) is 0 Å². The molecular weight excluding hydrogens is 569 g/mol. The van der Waals surface area contributed by atoms with Gasteiger partial charge in [0, 0.05) is 29.3 Å². The Morgan fingerprint density at radius 3 is 2.27 bits per heavy atom. The first-order valence-electron chi connectivity index (χ1n) is 14.1. The average molecular weight is 600 g/mol. The number of hydrogen-bond acceptors (Lipinski definition) is 9. The number of non-ortho nitro benzene ring substituents is 1. The summed E-state index contributed by atoms with van der Waals surface area (Å²) in [6.07, 6.45) is 0.103. The molecule has 0 spiro atoms. The van der Waals surface area contributed by atoms with Crippen molar-refractivity contribution in [1.82, 2.24) is 0 Å². The van der Waals surface area contributed by atoms with E-state index in [9.17, 15) is 28.9 Å². The topological polar surface area (TPSA) is 142 Å². The third-order valence-electron chi connectivity index (χ3n) is 7.81. The molecule has 3 aromatic rings. The second kappa shape index (κ2) is 12.5. The van der Waals surface area contributed by atoms with E-state index in [1.54, 1.807) is 32.0 Å². The fraction of sp³-hybridized carbons (Fsp3) is 0.242. The molecule has 11 heteroatoms. The van der Waals surface area contributed by atoms with Gasteiger partial charge in [0.25, 0.3) is 5.69 Å². The molecule has 0 amide bonds. The third-order valence-corrected chi connectivity index (χ3v) is 7.81. The first-order valence-corrected chi connectivity index (χ1v) is 14.1. The van der Waals surface area contributed by atoms with E-state index in [0.717, 1.165) is 0 Å². The molecule has 10 nitrogen and oxygen atoms in total. The monoisotopic (exact) mass is 599 g/mol. The number of ether oxygens (including phenoxy) is 2. The van der Waals surface area contributed by atoms with E-state index in [0.29, 0.717) is 16.8 Å². The highest BCUT2D eigenvalue weighted by molar-refractivity contribution is 6.14. The lowest BCUT2D eigenvalue weighted by molar-refractivity contribution is -0.384. The zero-order valence-corrected chi connectivity index (χ0v) is 24.1. The fourth-order valence-corrected chi connectivity index (χ4v) is 5.98. The lowest BCUT2D eigenvalue weighted by atomic mass is 9.67. The van der Waals surface area contributed by atoms with Crippen LogP contribution in [0.25, 0.3) is 0 Å². The van der Waals surface area contributed by atoms with Gasteiger partial charge in [-0.05, 0) is 49.6 Å². The molecule has 0 saturated heterocycles. The predicted molar refractivity (Wildman–Crippen MR) is 159 cm³/mol. The number of hydrogen-bond donors (Lipinski definition) is 1. The van der Waals surface area contributed by atoms with Gasteiger partial charge in [0.05, 0.1) is 35.3 Å². The number of anilines is 1. The summed E-state index contributed by atoms with van der Waals surface area (Å²) in [5, 5.41) is 11.4. The number of halogens is 1. The minimum absolute atomic E-state index is 0.00998. The van der Waals surface area contributed by atoms with E-state index < -0.39 is 46.2 Å². The Labute approximate surface area is 252 Å². The van der Waals surface area contributed by atoms with E-state index >= 15 is 0 Å². The number of Topliss-reactive ketones (excluding diaryl/α,β-unsaturated/α-hetero) is 1. The highest BCUT2D eigenvalue weighted by Crippen LogP contribution is 2.51. The van der Waals surface area contributed by atoms with Crippen LogP contribution in [-0.2, 0) is 23.9 Å². The third kappa shape index (κ3) is 5.44. The van der Waals surface area contributed by atoms with Crippen molar-refractivity contribution in [3.8, 4) is 0 Å². The van der Waals surface area contributed by atoms with E-state index in [1.807, 2.05) is 18.2 Å². The zero-order chi connectivity index (χ0) is 31.5. The normalized spacial score (nSPS) is 19.8. The molecule has 0 fully saturated rings. The summed E-state index contributed by atoms with van der Waals surface area (Å²) < 4.78 is 25.4. The molecule has 44 heavy (non-hydrogen) atoms. The van der Waals surface area contributed by atoms with Crippen molar-refractivity contribution in [2.75, 3.05) is 18.1 Å². The van der Waals surface area contributed by atoms with Crippen molar-refractivity contribution in [3.05, 3.63) is 129 Å². The number of esters is 2. The molecule has 0 unspecified atom stereocenters. The van der Waals surface area contributed by atoms with Crippen LogP contribution < -0.4 is 10.6 Å². The van der Waals surface area contributed by atoms with E-state index in [1.165, 1.54) is 47.4 Å². The fourth-order valence-electron chi connectivity index (χ4n) is 5.98. The summed E-state index contributed by atoms with van der Waals surface area (Å²) in [5.41, 5.74) is 8.20. The van der Waals surface area contributed by atoms with Gasteiger partial charge in [-0.15, -0.1) is 0 Å². The second-order valence-corrected chi connectivity index (χ2v) is 10.3. The molecule has 5 rings (SSSR count). The highest BCUT2D eigenvalue weighted by Gasteiger charge is 2.51. The molecular formula is C33H30FN3O7. The first-order chi connectivity index (χ1) is 21.2. The standard InChI is InChI=1S/C33H30FN3O7/c1-3-43-32(39)27-24(19-9-6-5-7-10-19)18-25-28(30(27)38)26(20-13-15-22(16-14-20)37(41)42)29(33(40)44-4-2)31(35)36(25)23-12-8-11-21(34)17-23/h5-17,24,26-27H,3-4,18,35H2,1-2H3/t24-,26+,27+/m1/s1. The number of nitrogens with two attached hydrogens (primary N) is 1. The number of nitrogens with zero attached hydrogens (tertiary/aromatic N) is 2. The molecule has 3 atom stereocenters. The van der Waals surface area contributed by atoms with Gasteiger partial charge >= 0.3 is 11.9 Å². The lowest BCUT2D eigenvalue weighted by Crippen LogP contribution is -2.46. The number of rotatable bonds is 8. The summed E-state index contributed by atoms with van der Waals surface area (Å²) in [6.45, 7) is 3.28. The molecule has 0 radical (unpaired) electrons. The van der Waals surface area contributed by atoms with Gasteiger partial charge in [-0.1, -0.05) is 48.5 Å². The summed E-state index contributed by atoms with van der Waals surface area (Å²) in [7, 11) is 0. The second-order valence-electron chi connectivity index (χ2n) is 10.3. The minimum atomic E-state index is -1.27. The molecule has 226 valence electrons. The molecule has 1 aliphatic carbocycles. The van der Waals surface area contributed by atoms with Crippen molar-refractivity contribution in [2.45, 2.75) is 32.1 Å². The number of benzene rings is 3. The smallest absolute Gasteiger partial charge is 0.338 e. The summed E-state index contributed by atoms with van der Waals surface area (Å²) in [5.74, 6) is -5.90. The maximum absolute atomic E-state index is 14.7. The number of nitro groups is 1. The van der Waals surface area contributed by atoms with Crippen LogP contribution in [0.5, 0.6) is 0 Å². The molecule has 2 aliphatic rings. The number of carbonyl (C=O) groups is 3. The maximum atomic E-state index is 14.7. The van der Waals surface area contributed by atoms with Crippen LogP contribution in [-0.4, -0.2) is 35.9 Å². The van der Waals surface area contributed by atoms with Gasteiger partial charge < -0.3 is 15.2 Å². The van der Waals surface area contributed by atoms with Gasteiger partial charge in [0.1, 0.15) is 17.6 Å². The largest absolute Gasteiger partial charge is 0.465 e. The molecule has 1 heterocycles. The molecule has 3 aromatic carbocycles. The van der Waals surface area contributed by atoms with Crippen LogP contribution in [0.4, 0.5) is 15.8 Å². The quantitative estimate of drug-likeness (QED) is 0.159. The highest BCUT2D eigenvalue weighted by atomic mass is 19.1. The number of ketones is 1. The summed E-state index contributed by atoms with van der Waals surface area (Å²) in [6, 6.07) is 20.0. The van der Waals surface area contributed by atoms with Crippen molar-refractivity contribution < 1.29 is 33.2 Å². The Hall–Kier alpha value is -5.32. The summed E-state index contributed by atoms with van der Waals surface area (Å²) >= 11 is 0. The Morgan fingerprint density at radius 1 is 0.977 bits per heavy atom.